The number of rotatable bonds is 16. The molecule has 0 amide bonds. The monoisotopic (exact) mass is 334 g/mol. The summed E-state index contributed by atoms with van der Waals surface area (Å²) in [5.41, 5.74) is 0. The summed E-state index contributed by atoms with van der Waals surface area (Å²) in [5, 5.41) is 0. The second-order valence-electron chi connectivity index (χ2n) is 4.88. The van der Waals surface area contributed by atoms with Gasteiger partial charge in [0.05, 0.1) is 40.1 Å². The first-order valence-electron chi connectivity index (χ1n) is 8.16. The lowest BCUT2D eigenvalue weighted by atomic mass is 10.2. The van der Waals surface area contributed by atoms with Crippen LogP contribution in [0.5, 0.6) is 0 Å². The van der Waals surface area contributed by atoms with Gasteiger partial charge in [0.25, 0.3) is 0 Å². The largest absolute Gasteiger partial charge is 0.467 e. The molecule has 0 aromatic heterocycles. The standard InChI is InChI=1S/C16H30O7/c1-3-4-5-6-7-15(17)23-13-12-21-9-8-20-10-11-22-14-16(18)19-2/h3-14H2,1-2H3. The predicted octanol–water partition coefficient (Wildman–Crippen LogP) is 1.72. The summed E-state index contributed by atoms with van der Waals surface area (Å²) in [4.78, 5) is 22.1. The fraction of sp³-hybridized carbons (Fsp3) is 0.875. The summed E-state index contributed by atoms with van der Waals surface area (Å²) in [6, 6.07) is 0. The van der Waals surface area contributed by atoms with Gasteiger partial charge in [-0.25, -0.2) is 4.79 Å². The van der Waals surface area contributed by atoms with Crippen molar-refractivity contribution in [3.05, 3.63) is 0 Å². The Morgan fingerprint density at radius 1 is 0.739 bits per heavy atom. The van der Waals surface area contributed by atoms with Gasteiger partial charge in [-0.1, -0.05) is 26.2 Å². The van der Waals surface area contributed by atoms with Crippen molar-refractivity contribution < 1.29 is 33.3 Å². The second kappa shape index (κ2) is 17.2. The molecule has 0 aliphatic heterocycles. The number of unbranched alkanes of at least 4 members (excludes halogenated alkanes) is 3. The summed E-state index contributed by atoms with van der Waals surface area (Å²) < 4.78 is 25.0. The topological polar surface area (TPSA) is 80.3 Å². The Balaban J connectivity index is 3.15. The average molecular weight is 334 g/mol. The zero-order valence-corrected chi connectivity index (χ0v) is 14.3. The molecule has 0 saturated carbocycles. The van der Waals surface area contributed by atoms with Crippen LogP contribution in [0.2, 0.25) is 0 Å². The van der Waals surface area contributed by atoms with Crippen molar-refractivity contribution in [1.29, 1.82) is 0 Å². The molecule has 0 spiro atoms. The summed E-state index contributed by atoms with van der Waals surface area (Å²) in [6.07, 6.45) is 4.75. The van der Waals surface area contributed by atoms with E-state index >= 15 is 0 Å². The number of ether oxygens (including phenoxy) is 5. The molecule has 23 heavy (non-hydrogen) atoms. The minimum Gasteiger partial charge on any atom is -0.467 e. The molecule has 0 unspecified atom stereocenters. The van der Waals surface area contributed by atoms with Gasteiger partial charge >= 0.3 is 11.9 Å². The molecule has 0 atom stereocenters. The molecule has 0 aromatic rings. The van der Waals surface area contributed by atoms with Crippen LogP contribution in [0.3, 0.4) is 0 Å². The lowest BCUT2D eigenvalue weighted by Crippen LogP contribution is -2.15. The Morgan fingerprint density at radius 2 is 1.35 bits per heavy atom. The van der Waals surface area contributed by atoms with Crippen LogP contribution in [0.25, 0.3) is 0 Å². The molecule has 0 saturated heterocycles. The van der Waals surface area contributed by atoms with Gasteiger partial charge in [0.1, 0.15) is 13.2 Å². The fourth-order valence-corrected chi connectivity index (χ4v) is 1.64. The second-order valence-corrected chi connectivity index (χ2v) is 4.88. The van der Waals surface area contributed by atoms with E-state index in [4.69, 9.17) is 18.9 Å². The molecule has 0 bridgehead atoms. The minimum absolute atomic E-state index is 0.0693. The van der Waals surface area contributed by atoms with E-state index in [1.54, 1.807) is 0 Å². The van der Waals surface area contributed by atoms with Crippen LogP contribution in [0.1, 0.15) is 39.0 Å². The lowest BCUT2D eigenvalue weighted by molar-refractivity contribution is -0.146. The molecule has 136 valence electrons. The van der Waals surface area contributed by atoms with Crippen molar-refractivity contribution in [3.63, 3.8) is 0 Å². The van der Waals surface area contributed by atoms with E-state index in [1.807, 2.05) is 0 Å². The number of carbonyl (C=O) groups is 2. The molecule has 0 N–H and O–H groups in total. The molecular formula is C16H30O7. The maximum absolute atomic E-state index is 11.4. The zero-order chi connectivity index (χ0) is 17.2. The van der Waals surface area contributed by atoms with Gasteiger partial charge in [0, 0.05) is 6.42 Å². The van der Waals surface area contributed by atoms with Crippen molar-refractivity contribution in [1.82, 2.24) is 0 Å². The first kappa shape index (κ1) is 21.8. The highest BCUT2D eigenvalue weighted by atomic mass is 16.6. The number of hydrogen-bond donors (Lipinski definition) is 0. The third kappa shape index (κ3) is 17.0. The fourth-order valence-electron chi connectivity index (χ4n) is 1.64. The van der Waals surface area contributed by atoms with E-state index in [0.29, 0.717) is 39.5 Å². The normalized spacial score (nSPS) is 10.5. The van der Waals surface area contributed by atoms with Crippen LogP contribution in [0.4, 0.5) is 0 Å². The van der Waals surface area contributed by atoms with Crippen LogP contribution in [-0.4, -0.2) is 65.3 Å². The zero-order valence-electron chi connectivity index (χ0n) is 14.3. The average Bonchev–Trinajstić information content (AvgIpc) is 2.56. The van der Waals surface area contributed by atoms with Gasteiger partial charge in [0.2, 0.25) is 0 Å². The Hall–Kier alpha value is -1.18. The molecule has 0 radical (unpaired) electrons. The first-order valence-corrected chi connectivity index (χ1v) is 8.16. The van der Waals surface area contributed by atoms with Crippen LogP contribution < -0.4 is 0 Å². The molecule has 0 aliphatic carbocycles. The number of carbonyl (C=O) groups excluding carboxylic acids is 2. The number of methoxy groups -OCH3 is 1. The molecule has 0 aliphatic rings. The highest BCUT2D eigenvalue weighted by molar-refractivity contribution is 5.70. The van der Waals surface area contributed by atoms with Gasteiger partial charge in [-0.05, 0) is 6.42 Å². The van der Waals surface area contributed by atoms with E-state index < -0.39 is 5.97 Å². The van der Waals surface area contributed by atoms with E-state index in [1.165, 1.54) is 7.11 Å². The third-order valence-electron chi connectivity index (χ3n) is 2.92. The predicted molar refractivity (Wildman–Crippen MR) is 84.2 cm³/mol. The highest BCUT2D eigenvalue weighted by Crippen LogP contribution is 2.03. The van der Waals surface area contributed by atoms with Crippen LogP contribution >= 0.6 is 0 Å². The number of hydrogen-bond acceptors (Lipinski definition) is 7. The van der Waals surface area contributed by atoms with E-state index in [-0.39, 0.29) is 19.2 Å². The summed E-state index contributed by atoms with van der Waals surface area (Å²) in [6.45, 7) is 4.25. The van der Waals surface area contributed by atoms with Crippen molar-refractivity contribution in [2.75, 3.05) is 53.4 Å². The van der Waals surface area contributed by atoms with Gasteiger partial charge in [-0.15, -0.1) is 0 Å². The van der Waals surface area contributed by atoms with E-state index in [2.05, 4.69) is 11.7 Å². The molecule has 0 heterocycles. The Morgan fingerprint density at radius 3 is 1.96 bits per heavy atom. The summed E-state index contributed by atoms with van der Waals surface area (Å²) >= 11 is 0. The van der Waals surface area contributed by atoms with Crippen LogP contribution in [-0.2, 0) is 33.3 Å². The third-order valence-corrected chi connectivity index (χ3v) is 2.92. The smallest absolute Gasteiger partial charge is 0.331 e. The lowest BCUT2D eigenvalue weighted by Gasteiger charge is -2.07. The molecule has 7 heteroatoms. The van der Waals surface area contributed by atoms with Crippen molar-refractivity contribution in [3.8, 4) is 0 Å². The van der Waals surface area contributed by atoms with E-state index in [9.17, 15) is 9.59 Å². The van der Waals surface area contributed by atoms with Crippen molar-refractivity contribution >= 4 is 11.9 Å². The van der Waals surface area contributed by atoms with Gasteiger partial charge in [0.15, 0.2) is 0 Å². The van der Waals surface area contributed by atoms with Gasteiger partial charge < -0.3 is 23.7 Å². The minimum atomic E-state index is -0.409. The maximum atomic E-state index is 11.4. The van der Waals surface area contributed by atoms with Gasteiger partial charge in [-0.3, -0.25) is 4.79 Å². The maximum Gasteiger partial charge on any atom is 0.331 e. The van der Waals surface area contributed by atoms with Crippen molar-refractivity contribution in [2.45, 2.75) is 39.0 Å². The molecule has 7 nitrogen and oxygen atoms in total. The quantitative estimate of drug-likeness (QED) is 0.314. The highest BCUT2D eigenvalue weighted by Gasteiger charge is 2.02. The van der Waals surface area contributed by atoms with Crippen LogP contribution in [0, 0.1) is 0 Å². The van der Waals surface area contributed by atoms with Crippen LogP contribution in [0.15, 0.2) is 0 Å². The first-order chi connectivity index (χ1) is 11.2. The Labute approximate surface area is 138 Å². The Bertz CT molecular complexity index is 294. The van der Waals surface area contributed by atoms with Gasteiger partial charge in [-0.2, -0.15) is 0 Å². The molecule has 0 rings (SSSR count). The Kier molecular flexibility index (Phi) is 16.3. The molecule has 0 aromatic carbocycles. The SMILES string of the molecule is CCCCCCC(=O)OCCOCCOCCOCC(=O)OC. The molecule has 0 fully saturated rings. The summed E-state index contributed by atoms with van der Waals surface area (Å²) in [5.74, 6) is -0.572. The molecular weight excluding hydrogens is 304 g/mol. The van der Waals surface area contributed by atoms with E-state index in [0.717, 1.165) is 25.7 Å². The summed E-state index contributed by atoms with van der Waals surface area (Å²) in [7, 11) is 1.31. The number of esters is 2. The van der Waals surface area contributed by atoms with Crippen molar-refractivity contribution in [2.24, 2.45) is 0 Å².